The van der Waals surface area contributed by atoms with Gasteiger partial charge in [0.25, 0.3) is 0 Å². The van der Waals surface area contributed by atoms with Crippen molar-refractivity contribution in [2.45, 2.75) is 13.1 Å². The second-order valence-electron chi connectivity index (χ2n) is 4.82. The standard InChI is InChI=1S/C15H13F3N2O4/c1-9-7-12(22)13(14(23)24-6-5-21)19-20(9)11-4-2-3-10(8-11)15(16,17)18/h2-4,7-8,21H,5-6H2,1H3. The van der Waals surface area contributed by atoms with Crippen molar-refractivity contribution < 1.29 is 27.8 Å². The summed E-state index contributed by atoms with van der Waals surface area (Å²) in [5.74, 6) is -1.06. The average Bonchev–Trinajstić information content (AvgIpc) is 2.52. The summed E-state index contributed by atoms with van der Waals surface area (Å²) in [6.45, 7) is 0.717. The zero-order valence-corrected chi connectivity index (χ0v) is 12.5. The maximum Gasteiger partial charge on any atom is 0.416 e. The predicted molar refractivity (Wildman–Crippen MR) is 76.9 cm³/mol. The van der Waals surface area contributed by atoms with Gasteiger partial charge < -0.3 is 9.84 Å². The number of aromatic nitrogens is 2. The SMILES string of the molecule is Cc1cc(=O)c(C(=O)OCCO)nn1-c1cccc(C(F)(F)F)c1. The number of carbonyl (C=O) groups excluding carboxylic acids is 1. The molecule has 0 radical (unpaired) electrons. The van der Waals surface area contributed by atoms with E-state index in [0.717, 1.165) is 22.9 Å². The molecule has 0 aliphatic heterocycles. The van der Waals surface area contributed by atoms with Gasteiger partial charge in [-0.1, -0.05) is 6.07 Å². The molecule has 128 valence electrons. The number of aliphatic hydroxyl groups excluding tert-OH is 1. The first-order valence-electron chi connectivity index (χ1n) is 6.80. The molecule has 0 unspecified atom stereocenters. The molecule has 1 N–H and O–H groups in total. The number of carbonyl (C=O) groups is 1. The molecular formula is C15H13F3N2O4. The Morgan fingerprint density at radius 2 is 2.04 bits per heavy atom. The van der Waals surface area contributed by atoms with Crippen LogP contribution >= 0.6 is 0 Å². The second kappa shape index (κ2) is 6.83. The van der Waals surface area contributed by atoms with Crippen LogP contribution in [-0.4, -0.2) is 34.1 Å². The van der Waals surface area contributed by atoms with Crippen molar-refractivity contribution >= 4 is 5.97 Å². The minimum Gasteiger partial charge on any atom is -0.458 e. The maximum atomic E-state index is 12.8. The zero-order valence-electron chi connectivity index (χ0n) is 12.5. The predicted octanol–water partition coefficient (Wildman–Crippen LogP) is 1.71. The molecule has 1 aromatic heterocycles. The van der Waals surface area contributed by atoms with E-state index in [2.05, 4.69) is 9.84 Å². The highest BCUT2D eigenvalue weighted by Gasteiger charge is 2.30. The number of hydrogen-bond acceptors (Lipinski definition) is 5. The number of ether oxygens (including phenoxy) is 1. The molecule has 24 heavy (non-hydrogen) atoms. The van der Waals surface area contributed by atoms with Crippen molar-refractivity contribution in [3.63, 3.8) is 0 Å². The fraction of sp³-hybridized carbons (Fsp3) is 0.267. The van der Waals surface area contributed by atoms with Crippen molar-refractivity contribution in [2.24, 2.45) is 0 Å². The first-order chi connectivity index (χ1) is 11.2. The molecule has 0 aliphatic rings. The molecule has 1 aromatic carbocycles. The zero-order chi connectivity index (χ0) is 17.9. The number of hydrogen-bond donors (Lipinski definition) is 1. The second-order valence-corrected chi connectivity index (χ2v) is 4.82. The molecule has 0 amide bonds. The third-order valence-electron chi connectivity index (χ3n) is 3.04. The van der Waals surface area contributed by atoms with Crippen molar-refractivity contribution in [1.82, 2.24) is 9.78 Å². The highest BCUT2D eigenvalue weighted by Crippen LogP contribution is 2.30. The molecule has 0 aliphatic carbocycles. The number of alkyl halides is 3. The average molecular weight is 342 g/mol. The number of esters is 1. The normalized spacial score (nSPS) is 11.4. The first-order valence-corrected chi connectivity index (χ1v) is 6.80. The summed E-state index contributed by atoms with van der Waals surface area (Å²) in [6.07, 6.45) is -4.54. The minimum absolute atomic E-state index is 0.0403. The quantitative estimate of drug-likeness (QED) is 0.856. The fourth-order valence-corrected chi connectivity index (χ4v) is 1.97. The van der Waals surface area contributed by atoms with E-state index in [0.29, 0.717) is 0 Å². The van der Waals surface area contributed by atoms with Gasteiger partial charge in [0.1, 0.15) is 6.61 Å². The van der Waals surface area contributed by atoms with Gasteiger partial charge in [0.05, 0.1) is 17.9 Å². The summed E-state index contributed by atoms with van der Waals surface area (Å²) >= 11 is 0. The van der Waals surface area contributed by atoms with Crippen LogP contribution in [0.2, 0.25) is 0 Å². The van der Waals surface area contributed by atoms with E-state index in [1.165, 1.54) is 19.1 Å². The van der Waals surface area contributed by atoms with E-state index >= 15 is 0 Å². The molecule has 6 nitrogen and oxygen atoms in total. The lowest BCUT2D eigenvalue weighted by molar-refractivity contribution is -0.137. The highest BCUT2D eigenvalue weighted by molar-refractivity contribution is 5.86. The van der Waals surface area contributed by atoms with E-state index < -0.39 is 35.4 Å². The summed E-state index contributed by atoms with van der Waals surface area (Å²) in [7, 11) is 0. The Labute approximate surface area is 134 Å². The third-order valence-corrected chi connectivity index (χ3v) is 3.04. The van der Waals surface area contributed by atoms with Crippen molar-refractivity contribution in [3.05, 3.63) is 57.5 Å². The van der Waals surface area contributed by atoms with Gasteiger partial charge in [-0.2, -0.15) is 18.3 Å². The minimum atomic E-state index is -4.54. The Hall–Kier alpha value is -2.68. The summed E-state index contributed by atoms with van der Waals surface area (Å²) in [4.78, 5) is 23.6. The smallest absolute Gasteiger partial charge is 0.416 e. The van der Waals surface area contributed by atoms with Gasteiger partial charge in [0.2, 0.25) is 11.1 Å². The Kier molecular flexibility index (Phi) is 5.03. The Balaban J connectivity index is 2.51. The van der Waals surface area contributed by atoms with Gasteiger partial charge >= 0.3 is 12.1 Å². The van der Waals surface area contributed by atoms with Crippen LogP contribution in [0.1, 0.15) is 21.7 Å². The highest BCUT2D eigenvalue weighted by atomic mass is 19.4. The lowest BCUT2D eigenvalue weighted by atomic mass is 10.2. The van der Waals surface area contributed by atoms with Crippen molar-refractivity contribution in [2.75, 3.05) is 13.2 Å². The van der Waals surface area contributed by atoms with Crippen LogP contribution in [0.4, 0.5) is 13.2 Å². The van der Waals surface area contributed by atoms with Gasteiger partial charge in [-0.25, -0.2) is 9.48 Å². The Morgan fingerprint density at radius 1 is 1.33 bits per heavy atom. The number of halogens is 3. The lowest BCUT2D eigenvalue weighted by Gasteiger charge is -2.13. The van der Waals surface area contributed by atoms with Crippen LogP contribution in [-0.2, 0) is 10.9 Å². The van der Waals surface area contributed by atoms with E-state index in [4.69, 9.17) is 5.11 Å². The molecule has 0 saturated heterocycles. The molecule has 0 spiro atoms. The Bertz CT molecular complexity index is 815. The molecular weight excluding hydrogens is 329 g/mol. The molecule has 0 saturated carbocycles. The summed E-state index contributed by atoms with van der Waals surface area (Å²) in [5, 5.41) is 12.4. The van der Waals surface area contributed by atoms with Crippen LogP contribution in [0.3, 0.4) is 0 Å². The van der Waals surface area contributed by atoms with Crippen LogP contribution in [0, 0.1) is 6.92 Å². The van der Waals surface area contributed by atoms with Crippen molar-refractivity contribution in [1.29, 1.82) is 0 Å². The van der Waals surface area contributed by atoms with E-state index in [9.17, 15) is 22.8 Å². The number of aryl methyl sites for hydroxylation is 1. The fourth-order valence-electron chi connectivity index (χ4n) is 1.97. The summed E-state index contributed by atoms with van der Waals surface area (Å²) in [5.41, 5.74) is -1.90. The largest absolute Gasteiger partial charge is 0.458 e. The maximum absolute atomic E-state index is 12.8. The van der Waals surface area contributed by atoms with Gasteiger partial charge in [0, 0.05) is 11.8 Å². The number of rotatable bonds is 4. The molecule has 0 bridgehead atoms. The van der Waals surface area contributed by atoms with Crippen LogP contribution in [0.25, 0.3) is 5.69 Å². The number of aliphatic hydroxyl groups is 1. The monoisotopic (exact) mass is 342 g/mol. The van der Waals surface area contributed by atoms with E-state index in [-0.39, 0.29) is 18.0 Å². The van der Waals surface area contributed by atoms with Crippen LogP contribution in [0.15, 0.2) is 35.1 Å². The first kappa shape index (κ1) is 17.7. The summed E-state index contributed by atoms with van der Waals surface area (Å²) in [6, 6.07) is 5.39. The number of benzene rings is 1. The molecule has 0 atom stereocenters. The van der Waals surface area contributed by atoms with Gasteiger partial charge in [0.15, 0.2) is 0 Å². The molecule has 2 aromatic rings. The molecule has 9 heteroatoms. The van der Waals surface area contributed by atoms with Gasteiger partial charge in [-0.05, 0) is 25.1 Å². The van der Waals surface area contributed by atoms with Gasteiger partial charge in [-0.15, -0.1) is 0 Å². The molecule has 0 fully saturated rings. The van der Waals surface area contributed by atoms with Crippen LogP contribution < -0.4 is 5.43 Å². The van der Waals surface area contributed by atoms with E-state index in [1.54, 1.807) is 0 Å². The van der Waals surface area contributed by atoms with Crippen LogP contribution in [0.5, 0.6) is 0 Å². The topological polar surface area (TPSA) is 81.4 Å². The van der Waals surface area contributed by atoms with Crippen molar-refractivity contribution in [3.8, 4) is 5.69 Å². The molecule has 1 heterocycles. The number of nitrogens with zero attached hydrogens (tertiary/aromatic N) is 2. The third kappa shape index (κ3) is 3.80. The summed E-state index contributed by atoms with van der Waals surface area (Å²) < 4.78 is 44.1. The Morgan fingerprint density at radius 3 is 2.67 bits per heavy atom. The lowest BCUT2D eigenvalue weighted by Crippen LogP contribution is -2.25. The van der Waals surface area contributed by atoms with Gasteiger partial charge in [-0.3, -0.25) is 4.79 Å². The molecule has 2 rings (SSSR count). The van der Waals surface area contributed by atoms with E-state index in [1.807, 2.05) is 0 Å².